The molecule has 5 heteroatoms. The predicted molar refractivity (Wildman–Crippen MR) is 70.5 cm³/mol. The Balaban J connectivity index is 2.57. The molecule has 1 aromatic carbocycles. The van der Waals surface area contributed by atoms with Gasteiger partial charge >= 0.3 is 5.97 Å². The summed E-state index contributed by atoms with van der Waals surface area (Å²) >= 11 is 0. The van der Waals surface area contributed by atoms with Crippen LogP contribution in [0.25, 0.3) is 0 Å². The number of esters is 1. The van der Waals surface area contributed by atoms with Crippen LogP contribution in [-0.4, -0.2) is 25.2 Å². The average molecular weight is 269 g/mol. The van der Waals surface area contributed by atoms with Gasteiger partial charge in [0.05, 0.1) is 6.10 Å². The second-order valence-corrected chi connectivity index (χ2v) is 4.40. The van der Waals surface area contributed by atoms with Crippen molar-refractivity contribution < 1.29 is 18.7 Å². The highest BCUT2D eigenvalue weighted by Crippen LogP contribution is 2.16. The molecule has 1 N–H and O–H groups in total. The number of ether oxygens (including phenoxy) is 2. The number of rotatable bonds is 7. The molecule has 0 unspecified atom stereocenters. The molecule has 0 aliphatic heterocycles. The lowest BCUT2D eigenvalue weighted by Gasteiger charge is -2.10. The zero-order chi connectivity index (χ0) is 14.3. The highest BCUT2D eigenvalue weighted by atomic mass is 19.1. The van der Waals surface area contributed by atoms with Crippen LogP contribution in [0.1, 0.15) is 26.3 Å². The van der Waals surface area contributed by atoms with Gasteiger partial charge in [0.2, 0.25) is 0 Å². The third-order valence-corrected chi connectivity index (χ3v) is 2.23. The number of carbonyl (C=O) groups is 1. The molecule has 0 aromatic heterocycles. The first-order valence-electron chi connectivity index (χ1n) is 6.33. The van der Waals surface area contributed by atoms with E-state index in [2.05, 4.69) is 5.32 Å². The van der Waals surface area contributed by atoms with Crippen LogP contribution in [0, 0.1) is 5.82 Å². The minimum atomic E-state index is -0.465. The predicted octanol–water partition coefficient (Wildman–Crippen LogP) is 2.27. The fraction of sp³-hybridized carbons (Fsp3) is 0.500. The van der Waals surface area contributed by atoms with Crippen molar-refractivity contribution in [2.24, 2.45) is 0 Å². The Bertz CT molecular complexity index is 421. The Morgan fingerprint density at radius 1 is 1.37 bits per heavy atom. The number of benzene rings is 1. The van der Waals surface area contributed by atoms with E-state index in [0.717, 1.165) is 12.1 Å². The lowest BCUT2D eigenvalue weighted by molar-refractivity contribution is -0.149. The Morgan fingerprint density at radius 3 is 2.74 bits per heavy atom. The molecular weight excluding hydrogens is 249 g/mol. The average Bonchev–Trinajstić information content (AvgIpc) is 2.32. The summed E-state index contributed by atoms with van der Waals surface area (Å²) in [4.78, 5) is 11.3. The summed E-state index contributed by atoms with van der Waals surface area (Å²) in [5.74, 6) is -0.524. The monoisotopic (exact) mass is 269 g/mol. The van der Waals surface area contributed by atoms with Crippen molar-refractivity contribution >= 4 is 5.97 Å². The van der Waals surface area contributed by atoms with Gasteiger partial charge in [0, 0.05) is 12.6 Å². The molecule has 0 amide bonds. The first-order chi connectivity index (χ1) is 9.01. The first kappa shape index (κ1) is 15.4. The van der Waals surface area contributed by atoms with Gasteiger partial charge < -0.3 is 14.8 Å². The molecule has 0 bridgehead atoms. The van der Waals surface area contributed by atoms with Crippen LogP contribution in [0.3, 0.4) is 0 Å². The number of hydrogen-bond donors (Lipinski definition) is 1. The van der Waals surface area contributed by atoms with Crippen LogP contribution in [0.2, 0.25) is 0 Å². The lowest BCUT2D eigenvalue weighted by atomic mass is 10.2. The van der Waals surface area contributed by atoms with Gasteiger partial charge in [0.15, 0.2) is 6.61 Å². The highest BCUT2D eigenvalue weighted by Gasteiger charge is 2.08. The van der Waals surface area contributed by atoms with E-state index in [4.69, 9.17) is 9.47 Å². The normalized spacial score (nSPS) is 10.6. The summed E-state index contributed by atoms with van der Waals surface area (Å²) in [7, 11) is 0. The van der Waals surface area contributed by atoms with E-state index in [-0.39, 0.29) is 18.5 Å². The summed E-state index contributed by atoms with van der Waals surface area (Å²) in [6.45, 7) is 6.62. The van der Waals surface area contributed by atoms with Crippen LogP contribution in [-0.2, 0) is 16.1 Å². The molecule has 0 saturated carbocycles. The molecule has 0 atom stereocenters. The lowest BCUT2D eigenvalue weighted by Crippen LogP contribution is -2.19. The van der Waals surface area contributed by atoms with E-state index >= 15 is 0 Å². The van der Waals surface area contributed by atoms with Gasteiger partial charge in [-0.05, 0) is 38.1 Å². The quantitative estimate of drug-likeness (QED) is 0.771. The Kier molecular flexibility index (Phi) is 6.29. The maximum Gasteiger partial charge on any atom is 0.344 e. The fourth-order valence-corrected chi connectivity index (χ4v) is 1.51. The van der Waals surface area contributed by atoms with Crippen LogP contribution < -0.4 is 10.1 Å². The SMILES string of the molecule is CCNCc1cc(F)cc(OCC(=O)OC(C)C)c1. The van der Waals surface area contributed by atoms with Gasteiger partial charge in [-0.2, -0.15) is 0 Å². The van der Waals surface area contributed by atoms with Crippen molar-refractivity contribution in [3.8, 4) is 5.75 Å². The third-order valence-electron chi connectivity index (χ3n) is 2.23. The summed E-state index contributed by atoms with van der Waals surface area (Å²) in [6, 6.07) is 4.38. The molecule has 4 nitrogen and oxygen atoms in total. The largest absolute Gasteiger partial charge is 0.482 e. The van der Waals surface area contributed by atoms with Gasteiger partial charge in [-0.15, -0.1) is 0 Å². The van der Waals surface area contributed by atoms with E-state index in [9.17, 15) is 9.18 Å². The van der Waals surface area contributed by atoms with Crippen LogP contribution >= 0.6 is 0 Å². The summed E-state index contributed by atoms with van der Waals surface area (Å²) in [5.41, 5.74) is 0.772. The van der Waals surface area contributed by atoms with Crippen molar-refractivity contribution in [1.82, 2.24) is 5.32 Å². The standard InChI is InChI=1S/C14H20FNO3/c1-4-16-8-11-5-12(15)7-13(6-11)18-9-14(17)19-10(2)3/h5-7,10,16H,4,8-9H2,1-3H3. The van der Waals surface area contributed by atoms with Crippen molar-refractivity contribution in [2.75, 3.05) is 13.2 Å². The van der Waals surface area contributed by atoms with Crippen LogP contribution in [0.4, 0.5) is 4.39 Å². The Morgan fingerprint density at radius 2 is 2.11 bits per heavy atom. The van der Waals surface area contributed by atoms with Crippen molar-refractivity contribution in [3.63, 3.8) is 0 Å². The van der Waals surface area contributed by atoms with Crippen LogP contribution in [0.5, 0.6) is 5.75 Å². The Hall–Kier alpha value is -1.62. The molecule has 0 aliphatic rings. The molecule has 0 radical (unpaired) electrons. The minimum absolute atomic E-state index is 0.187. The van der Waals surface area contributed by atoms with Crippen molar-refractivity contribution in [3.05, 3.63) is 29.6 Å². The molecule has 0 fully saturated rings. The molecule has 1 rings (SSSR count). The summed E-state index contributed by atoms with van der Waals surface area (Å²) in [5, 5.41) is 3.10. The van der Waals surface area contributed by atoms with E-state index in [1.807, 2.05) is 6.92 Å². The first-order valence-corrected chi connectivity index (χ1v) is 6.33. The molecule has 19 heavy (non-hydrogen) atoms. The van der Waals surface area contributed by atoms with Gasteiger partial charge in [0.1, 0.15) is 11.6 Å². The Labute approximate surface area is 112 Å². The highest BCUT2D eigenvalue weighted by molar-refractivity contribution is 5.71. The van der Waals surface area contributed by atoms with Crippen molar-refractivity contribution in [1.29, 1.82) is 0 Å². The second-order valence-electron chi connectivity index (χ2n) is 4.40. The van der Waals surface area contributed by atoms with Crippen LogP contribution in [0.15, 0.2) is 18.2 Å². The number of nitrogens with one attached hydrogen (secondary N) is 1. The molecule has 0 aliphatic carbocycles. The number of carbonyl (C=O) groups excluding carboxylic acids is 1. The van der Waals surface area contributed by atoms with Gasteiger partial charge in [-0.1, -0.05) is 6.92 Å². The maximum absolute atomic E-state index is 13.4. The van der Waals surface area contributed by atoms with E-state index in [1.165, 1.54) is 12.1 Å². The molecule has 1 aromatic rings. The summed E-state index contributed by atoms with van der Waals surface area (Å²) < 4.78 is 23.5. The molecule has 106 valence electrons. The summed E-state index contributed by atoms with van der Waals surface area (Å²) in [6.07, 6.45) is -0.187. The molecule has 0 saturated heterocycles. The second kappa shape index (κ2) is 7.74. The molecule has 0 spiro atoms. The van der Waals surface area contributed by atoms with E-state index in [1.54, 1.807) is 19.9 Å². The van der Waals surface area contributed by atoms with Gasteiger partial charge in [0.25, 0.3) is 0 Å². The topological polar surface area (TPSA) is 47.6 Å². The van der Waals surface area contributed by atoms with E-state index < -0.39 is 5.97 Å². The minimum Gasteiger partial charge on any atom is -0.482 e. The smallest absolute Gasteiger partial charge is 0.344 e. The van der Waals surface area contributed by atoms with Crippen molar-refractivity contribution in [2.45, 2.75) is 33.4 Å². The van der Waals surface area contributed by atoms with Gasteiger partial charge in [-0.25, -0.2) is 9.18 Å². The molecular formula is C14H20FNO3. The zero-order valence-electron chi connectivity index (χ0n) is 11.5. The zero-order valence-corrected chi connectivity index (χ0v) is 11.5. The van der Waals surface area contributed by atoms with E-state index in [0.29, 0.717) is 12.3 Å². The maximum atomic E-state index is 13.4. The fourth-order valence-electron chi connectivity index (χ4n) is 1.51. The molecule has 0 heterocycles. The third kappa shape index (κ3) is 6.20. The number of halogens is 1. The number of hydrogen-bond acceptors (Lipinski definition) is 4. The van der Waals surface area contributed by atoms with Gasteiger partial charge in [-0.3, -0.25) is 0 Å².